The summed E-state index contributed by atoms with van der Waals surface area (Å²) in [6.45, 7) is 17.4. The van der Waals surface area contributed by atoms with Gasteiger partial charge in [0, 0.05) is 103 Å². The van der Waals surface area contributed by atoms with Crippen molar-refractivity contribution in [2.75, 3.05) is 78.7 Å². The fraction of sp³-hybridized carbons (Fsp3) is 0.329. The van der Waals surface area contributed by atoms with Crippen LogP contribution in [0.15, 0.2) is 133 Å². The van der Waals surface area contributed by atoms with Gasteiger partial charge in [-0.3, -0.25) is 33.9 Å². The number of nitrogens with zero attached hydrogens (tertiary/aromatic N) is 7. The Labute approximate surface area is 613 Å². The number of H-pyrrole nitrogens is 2. The first kappa shape index (κ1) is 73.6. The van der Waals surface area contributed by atoms with E-state index in [1.165, 1.54) is 10.1 Å². The summed E-state index contributed by atoms with van der Waals surface area (Å²) in [5.41, 5.74) is 14.5. The number of hydrogen-bond acceptors (Lipinski definition) is 17. The number of aromatic nitrogens is 4. The highest BCUT2D eigenvalue weighted by Crippen LogP contribution is 2.54. The number of hydroxylamine groups is 4. The third-order valence-electron chi connectivity index (χ3n) is 21.0. The Morgan fingerprint density at radius 3 is 1.37 bits per heavy atom. The summed E-state index contributed by atoms with van der Waals surface area (Å²) in [4.78, 5) is 84.6. The Bertz CT molecular complexity index is 4900. The third-order valence-corrected chi connectivity index (χ3v) is 21.0. The van der Waals surface area contributed by atoms with Crippen LogP contribution in [0, 0.1) is 0 Å². The number of aliphatic carboxylic acids is 4. The highest BCUT2D eigenvalue weighted by Gasteiger charge is 2.52. The van der Waals surface area contributed by atoms with Crippen molar-refractivity contribution in [3.63, 3.8) is 0 Å². The van der Waals surface area contributed by atoms with Gasteiger partial charge in [0.15, 0.2) is 13.2 Å². The number of amides is 1. The summed E-state index contributed by atoms with van der Waals surface area (Å²) in [5.74, 6) is -3.63. The average Bonchev–Trinajstić information content (AvgIpc) is 1.56. The van der Waals surface area contributed by atoms with Gasteiger partial charge in [-0.2, -0.15) is 10.1 Å². The standard InChI is InChI=1S/C82H89N11O13/c1-79(2)58-13-9-11-56(77(58)81(5,6)92(79)103)75-64-31-27-60(85-64)73(51-19-23-54(24-20-51)105-47-68(94)84-36-35-83-42-50-17-15-49(16-18-50)41-53-43-90(45-70(97)98)38-37-89(44-69(95)96)39-40-91(53)46-71(99)100)61-28-32-65(86-61)76(57-12-10-14-59-78(57)82(7,8)93(104)80(59,3)4)67-34-30-63(88-67)74(62-29-33-66(75)87-62)52-21-25-55(26-22-52)106-48-72(101)102/h9-34,53,83,85,88,103-104H,35-48H2,1-8H3,(H,84,94)(H,95,96)(H,97,98)(H,99,100)(H,101,102). The maximum Gasteiger partial charge on any atom is 0.341 e. The van der Waals surface area contributed by atoms with Gasteiger partial charge < -0.3 is 60.9 Å². The van der Waals surface area contributed by atoms with E-state index in [2.05, 4.69) is 44.9 Å². The molecule has 1 atom stereocenters. The molecular weight excluding hydrogens is 1350 g/mol. The molecule has 3 aromatic heterocycles. The van der Waals surface area contributed by atoms with Crippen molar-refractivity contribution in [1.29, 1.82) is 0 Å². The zero-order valence-electron chi connectivity index (χ0n) is 60.7. The lowest BCUT2D eigenvalue weighted by molar-refractivity contribution is -0.216. The normalized spacial score (nSPS) is 17.6. The zero-order valence-corrected chi connectivity index (χ0v) is 60.7. The first-order chi connectivity index (χ1) is 50.6. The molecule has 550 valence electrons. The number of hydrogen-bond donors (Lipinski definition) is 10. The first-order valence-corrected chi connectivity index (χ1v) is 35.6. The van der Waals surface area contributed by atoms with Gasteiger partial charge in [0.2, 0.25) is 0 Å². The molecule has 8 heterocycles. The number of aromatic amines is 2. The fourth-order valence-corrected chi connectivity index (χ4v) is 16.1. The smallest absolute Gasteiger partial charge is 0.341 e. The van der Waals surface area contributed by atoms with Gasteiger partial charge in [0.05, 0.1) is 64.6 Å². The number of carboxylic acid groups (broad SMARTS) is 4. The lowest BCUT2D eigenvalue weighted by atomic mass is 9.84. The van der Waals surface area contributed by atoms with Crippen LogP contribution in [-0.2, 0) is 59.1 Å². The average molecular weight is 1440 g/mol. The molecular formula is C82H89N11O13. The maximum absolute atomic E-state index is 13.4. The predicted molar refractivity (Wildman–Crippen MR) is 405 cm³/mol. The molecule has 1 saturated heterocycles. The monoisotopic (exact) mass is 1440 g/mol. The van der Waals surface area contributed by atoms with Gasteiger partial charge in [0.1, 0.15) is 11.5 Å². The Morgan fingerprint density at radius 1 is 0.472 bits per heavy atom. The van der Waals surface area contributed by atoms with E-state index in [-0.39, 0.29) is 44.7 Å². The second-order valence-electron chi connectivity index (χ2n) is 29.7. The molecule has 5 aliphatic heterocycles. The molecule has 106 heavy (non-hydrogen) atoms. The van der Waals surface area contributed by atoms with Gasteiger partial charge in [-0.1, -0.05) is 84.9 Å². The Hall–Kier alpha value is -10.7. The lowest BCUT2D eigenvalue weighted by Gasteiger charge is -2.35. The summed E-state index contributed by atoms with van der Waals surface area (Å²) in [6, 6.07) is 42.9. The number of ether oxygens (including phenoxy) is 2. The van der Waals surface area contributed by atoms with Crippen LogP contribution in [0.3, 0.4) is 0 Å². The molecule has 24 heteroatoms. The number of carbonyl (C=O) groups is 5. The molecule has 0 aliphatic carbocycles. The second kappa shape index (κ2) is 29.7. The van der Waals surface area contributed by atoms with E-state index in [0.29, 0.717) is 86.5 Å². The molecule has 1 fully saturated rings. The zero-order chi connectivity index (χ0) is 75.1. The van der Waals surface area contributed by atoms with Crippen molar-refractivity contribution in [3.05, 3.63) is 190 Å². The second-order valence-corrected chi connectivity index (χ2v) is 29.7. The summed E-state index contributed by atoms with van der Waals surface area (Å²) < 4.78 is 11.7. The number of rotatable bonds is 23. The molecule has 5 aliphatic rings. The molecule has 0 radical (unpaired) electrons. The molecule has 8 aromatic rings. The Morgan fingerprint density at radius 2 is 0.896 bits per heavy atom. The Kier molecular flexibility index (Phi) is 20.6. The van der Waals surface area contributed by atoms with Crippen LogP contribution in [0.5, 0.6) is 11.5 Å². The Balaban J connectivity index is 0.811. The predicted octanol–water partition coefficient (Wildman–Crippen LogP) is 11.5. The van der Waals surface area contributed by atoms with Gasteiger partial charge in [-0.05, 0) is 190 Å². The summed E-state index contributed by atoms with van der Waals surface area (Å²) >= 11 is 0. The van der Waals surface area contributed by atoms with Gasteiger partial charge in [0.25, 0.3) is 5.91 Å². The van der Waals surface area contributed by atoms with Crippen molar-refractivity contribution in [3.8, 4) is 56.0 Å². The largest absolute Gasteiger partial charge is 0.484 e. The van der Waals surface area contributed by atoms with E-state index >= 15 is 0 Å². The van der Waals surface area contributed by atoms with Crippen LogP contribution < -0.4 is 20.1 Å². The van der Waals surface area contributed by atoms with E-state index in [9.17, 15) is 54.8 Å². The van der Waals surface area contributed by atoms with Crippen molar-refractivity contribution < 1.29 is 64.3 Å². The van der Waals surface area contributed by atoms with Crippen molar-refractivity contribution >= 4 is 76.2 Å². The van der Waals surface area contributed by atoms with Crippen LogP contribution >= 0.6 is 0 Å². The van der Waals surface area contributed by atoms with E-state index < -0.39 is 52.6 Å². The molecule has 8 bridgehead atoms. The van der Waals surface area contributed by atoms with Crippen LogP contribution in [-0.4, -0.2) is 190 Å². The number of carboxylic acids is 4. The fourth-order valence-electron chi connectivity index (χ4n) is 16.1. The topological polar surface area (TPSA) is 323 Å². The van der Waals surface area contributed by atoms with E-state index in [0.717, 1.165) is 100.0 Å². The van der Waals surface area contributed by atoms with Crippen LogP contribution in [0.4, 0.5) is 0 Å². The van der Waals surface area contributed by atoms with Crippen molar-refractivity contribution in [2.24, 2.45) is 0 Å². The number of carbonyl (C=O) groups excluding carboxylic acids is 1. The van der Waals surface area contributed by atoms with Gasteiger partial charge in [-0.15, -0.1) is 0 Å². The number of fused-ring (bicyclic) bond motifs is 10. The minimum Gasteiger partial charge on any atom is -0.484 e. The number of nitrogens with one attached hydrogen (secondary N) is 4. The molecule has 10 N–H and O–H groups in total. The molecule has 0 spiro atoms. The van der Waals surface area contributed by atoms with E-state index in [1.807, 2.05) is 177 Å². The molecule has 1 unspecified atom stereocenters. The highest BCUT2D eigenvalue weighted by atomic mass is 16.5. The molecule has 13 rings (SSSR count). The van der Waals surface area contributed by atoms with E-state index in [1.54, 1.807) is 26.8 Å². The first-order valence-electron chi connectivity index (χ1n) is 35.6. The summed E-state index contributed by atoms with van der Waals surface area (Å²) in [6.07, 6.45) is 8.50. The minimum absolute atomic E-state index is 0.237. The van der Waals surface area contributed by atoms with Gasteiger partial charge in [-0.25, -0.2) is 14.8 Å². The van der Waals surface area contributed by atoms with Crippen molar-refractivity contribution in [2.45, 2.75) is 96.6 Å². The van der Waals surface area contributed by atoms with Gasteiger partial charge >= 0.3 is 23.9 Å². The molecule has 5 aromatic carbocycles. The third kappa shape index (κ3) is 14.9. The molecule has 0 saturated carbocycles. The SMILES string of the molecule is CC1(C)c2cccc(-c3c4nc(c(-c5ccc(OCC(=O)NCCNCc6ccc(CC7CN(CC(=O)O)CCN(CC(=O)O)CCN7CC(=O)O)cc6)cc5)c5ccc([nH]5)c(-c5cccc6c5C(C)(C)N(O)C6(C)C)c5nc(c(-c6ccc(OCC(=O)O)cc6)c6ccc3[nH]6)C=C5)C=C4)c2C(C)(C)N1O. The maximum atomic E-state index is 13.4. The van der Waals surface area contributed by atoms with Crippen LogP contribution in [0.25, 0.3) is 90.9 Å². The highest BCUT2D eigenvalue weighted by molar-refractivity contribution is 6.01. The minimum atomic E-state index is -1.09. The number of benzene rings is 5. The van der Waals surface area contributed by atoms with E-state index in [4.69, 9.17) is 19.4 Å². The summed E-state index contributed by atoms with van der Waals surface area (Å²) in [5, 5.41) is 71.7. The van der Waals surface area contributed by atoms with Crippen molar-refractivity contribution in [1.82, 2.24) is 55.4 Å². The quantitative estimate of drug-likeness (QED) is 0.0266. The van der Waals surface area contributed by atoms with Crippen LogP contribution in [0.2, 0.25) is 0 Å². The van der Waals surface area contributed by atoms with Crippen LogP contribution in [0.1, 0.15) is 112 Å². The lowest BCUT2D eigenvalue weighted by Crippen LogP contribution is -2.49. The molecule has 1 amide bonds. The molecule has 24 nitrogen and oxygen atoms in total. The summed E-state index contributed by atoms with van der Waals surface area (Å²) in [7, 11) is 0.